The van der Waals surface area contributed by atoms with Gasteiger partial charge in [0.05, 0.1) is 18.4 Å². The summed E-state index contributed by atoms with van der Waals surface area (Å²) in [7, 11) is 2.33. The second kappa shape index (κ2) is 13.5. The normalized spacial score (nSPS) is 39.1. The Balaban J connectivity index is 1.68. The fourth-order valence-corrected chi connectivity index (χ4v) is 9.64. The molecule has 3 aliphatic rings. The summed E-state index contributed by atoms with van der Waals surface area (Å²) in [5.74, 6) is 2.30. The van der Waals surface area contributed by atoms with E-state index >= 15 is 0 Å². The Morgan fingerprint density at radius 3 is 2.18 bits per heavy atom. The summed E-state index contributed by atoms with van der Waals surface area (Å²) in [6.07, 6.45) is 7.35. The van der Waals surface area contributed by atoms with Crippen LogP contribution in [0.15, 0.2) is 0 Å². The number of ether oxygens (including phenoxy) is 1. The first-order valence-electron chi connectivity index (χ1n) is 15.4. The fraction of sp³-hybridized carbons (Fsp3) is 1.00. The molecule has 0 radical (unpaired) electrons. The maximum absolute atomic E-state index is 6.71. The topological polar surface area (TPSA) is 34.2 Å². The lowest BCUT2D eigenvalue weighted by molar-refractivity contribution is -0.212. The van der Waals surface area contributed by atoms with Gasteiger partial charge in [-0.05, 0) is 99.3 Å². The molecule has 0 aromatic carbocycles. The lowest BCUT2D eigenvalue weighted by Crippen LogP contribution is -2.68. The van der Waals surface area contributed by atoms with Crippen molar-refractivity contribution >= 4 is 20.6 Å². The quantitative estimate of drug-likeness (QED) is 0.395. The second-order valence-electron chi connectivity index (χ2n) is 13.6. The molecule has 3 saturated heterocycles. The lowest BCUT2D eigenvalue weighted by atomic mass is 9.89. The van der Waals surface area contributed by atoms with Crippen molar-refractivity contribution in [3.63, 3.8) is 0 Å². The van der Waals surface area contributed by atoms with E-state index in [0.717, 1.165) is 45.0 Å². The minimum absolute atomic E-state index is 0.00462. The van der Waals surface area contributed by atoms with E-state index < -0.39 is 0 Å². The van der Waals surface area contributed by atoms with Crippen molar-refractivity contribution in [3.05, 3.63) is 0 Å². The molecule has 0 amide bonds. The first-order valence-corrected chi connectivity index (χ1v) is 18.2. The molecular formula is C30H61N5OS2. The summed E-state index contributed by atoms with van der Waals surface area (Å²) in [5, 5.41) is 3.77. The standard InChI is InChI=1S/C30H61N5OS2/c1-12-28-31-23(5)16-33(28)24(6)14-27-19-35(30(9,13-2)36-20-27)25(7)15-26-17-32(10)29(8,21-38(11)37)34(18-26)22(3)4/h22-28,31H,12-21H2,1-11H3/t23-,24?,25?,26?,27?,28?,29?,30?,38?/m0/s1. The van der Waals surface area contributed by atoms with Crippen LogP contribution in [0.2, 0.25) is 0 Å². The van der Waals surface area contributed by atoms with Gasteiger partial charge in [-0.15, -0.1) is 9.45 Å². The molecule has 8 heteroatoms. The van der Waals surface area contributed by atoms with Crippen LogP contribution in [0.1, 0.15) is 88.0 Å². The Bertz CT molecular complexity index is 786. The summed E-state index contributed by atoms with van der Waals surface area (Å²) in [4.78, 5) is 10.8. The van der Waals surface area contributed by atoms with E-state index in [4.69, 9.17) is 15.9 Å². The van der Waals surface area contributed by atoms with Crippen molar-refractivity contribution < 1.29 is 4.74 Å². The summed E-state index contributed by atoms with van der Waals surface area (Å²) >= 11 is 5.69. The van der Waals surface area contributed by atoms with E-state index in [1.807, 2.05) is 0 Å². The molecule has 3 aliphatic heterocycles. The Morgan fingerprint density at radius 2 is 1.61 bits per heavy atom. The van der Waals surface area contributed by atoms with Crippen LogP contribution in [0.4, 0.5) is 0 Å². The third-order valence-corrected chi connectivity index (χ3v) is 11.4. The average molecular weight is 572 g/mol. The maximum Gasteiger partial charge on any atom is 0.118 e. The highest BCUT2D eigenvalue weighted by molar-refractivity contribution is 8.28. The molecule has 3 fully saturated rings. The Morgan fingerprint density at radius 1 is 0.974 bits per heavy atom. The SMILES string of the molecule is CCC1N[C@@H](C)CN1C(C)CC1COC(C)(CC)N(C(C)CC2CN(C)C(C)(CS(C)=S)N(C(C)C)C2)C1. The Hall–Kier alpha value is 0.330. The molecule has 0 aliphatic carbocycles. The van der Waals surface area contributed by atoms with Crippen LogP contribution in [0.25, 0.3) is 0 Å². The summed E-state index contributed by atoms with van der Waals surface area (Å²) < 4.78 is 6.71. The third kappa shape index (κ3) is 7.39. The first kappa shape index (κ1) is 32.8. The lowest BCUT2D eigenvalue weighted by Gasteiger charge is -2.56. The largest absolute Gasteiger partial charge is 0.360 e. The smallest absolute Gasteiger partial charge is 0.118 e. The van der Waals surface area contributed by atoms with Crippen molar-refractivity contribution in [2.45, 2.75) is 130 Å². The van der Waals surface area contributed by atoms with E-state index in [1.54, 1.807) is 0 Å². The number of nitrogens with zero attached hydrogens (tertiary/aromatic N) is 4. The molecule has 3 rings (SSSR count). The van der Waals surface area contributed by atoms with Gasteiger partial charge in [0.15, 0.2) is 0 Å². The van der Waals surface area contributed by atoms with Gasteiger partial charge in [0, 0.05) is 56.1 Å². The monoisotopic (exact) mass is 571 g/mol. The molecular weight excluding hydrogens is 510 g/mol. The van der Waals surface area contributed by atoms with Crippen LogP contribution in [-0.2, 0) is 25.4 Å². The number of hydrogen-bond donors (Lipinski definition) is 1. The van der Waals surface area contributed by atoms with Gasteiger partial charge in [0.25, 0.3) is 0 Å². The van der Waals surface area contributed by atoms with Gasteiger partial charge in [-0.25, -0.2) is 0 Å². The third-order valence-electron chi connectivity index (χ3n) is 10.1. The van der Waals surface area contributed by atoms with E-state index in [0.29, 0.717) is 42.2 Å². The van der Waals surface area contributed by atoms with Crippen LogP contribution in [0.3, 0.4) is 0 Å². The minimum Gasteiger partial charge on any atom is -0.360 e. The first-order chi connectivity index (χ1) is 17.7. The van der Waals surface area contributed by atoms with Crippen LogP contribution in [-0.4, -0.2) is 113 Å². The van der Waals surface area contributed by atoms with Gasteiger partial charge in [-0.2, -0.15) is 0 Å². The highest BCUT2D eigenvalue weighted by Crippen LogP contribution is 2.36. The van der Waals surface area contributed by atoms with Crippen molar-refractivity contribution in [1.29, 1.82) is 0 Å². The predicted octanol–water partition coefficient (Wildman–Crippen LogP) is 4.35. The van der Waals surface area contributed by atoms with Crippen LogP contribution >= 0.6 is 0 Å². The van der Waals surface area contributed by atoms with E-state index in [1.165, 1.54) is 19.3 Å². The predicted molar refractivity (Wildman–Crippen MR) is 168 cm³/mol. The van der Waals surface area contributed by atoms with E-state index in [-0.39, 0.29) is 20.8 Å². The van der Waals surface area contributed by atoms with Gasteiger partial charge in [0.2, 0.25) is 0 Å². The van der Waals surface area contributed by atoms with Gasteiger partial charge in [-0.3, -0.25) is 24.9 Å². The molecule has 9 atom stereocenters. The molecule has 0 bridgehead atoms. The molecule has 0 saturated carbocycles. The molecule has 3 heterocycles. The second-order valence-corrected chi connectivity index (χ2v) is 16.8. The number of hydrogen-bond acceptors (Lipinski definition) is 7. The highest BCUT2D eigenvalue weighted by Gasteiger charge is 2.46. The van der Waals surface area contributed by atoms with Crippen molar-refractivity contribution in [2.24, 2.45) is 11.8 Å². The Kier molecular flexibility index (Phi) is 11.7. The van der Waals surface area contributed by atoms with Crippen LogP contribution < -0.4 is 5.32 Å². The Labute approximate surface area is 243 Å². The summed E-state index contributed by atoms with van der Waals surface area (Å²) in [5.41, 5.74) is -0.111. The zero-order valence-corrected chi connectivity index (χ0v) is 28.3. The van der Waals surface area contributed by atoms with Gasteiger partial charge in [-0.1, -0.05) is 25.0 Å². The van der Waals surface area contributed by atoms with Gasteiger partial charge in [0.1, 0.15) is 5.72 Å². The van der Waals surface area contributed by atoms with Crippen molar-refractivity contribution in [1.82, 2.24) is 24.9 Å². The fourth-order valence-electron chi connectivity index (χ4n) is 7.82. The molecule has 6 nitrogen and oxygen atoms in total. The molecule has 0 aromatic heterocycles. The summed E-state index contributed by atoms with van der Waals surface area (Å²) in [6.45, 7) is 26.8. The van der Waals surface area contributed by atoms with Crippen LogP contribution in [0, 0.1) is 11.8 Å². The summed E-state index contributed by atoms with van der Waals surface area (Å²) in [6, 6.07) is 2.16. The maximum atomic E-state index is 6.71. The molecule has 8 unspecified atom stereocenters. The minimum atomic E-state index is -0.166. The number of rotatable bonds is 11. The number of nitrogens with one attached hydrogen (secondary N) is 1. The molecule has 224 valence electrons. The molecule has 0 aromatic rings. The zero-order chi connectivity index (χ0) is 28.4. The van der Waals surface area contributed by atoms with Crippen molar-refractivity contribution in [2.75, 3.05) is 51.8 Å². The van der Waals surface area contributed by atoms with Crippen LogP contribution in [0.5, 0.6) is 0 Å². The average Bonchev–Trinajstić information content (AvgIpc) is 3.22. The van der Waals surface area contributed by atoms with Gasteiger partial charge < -0.3 is 4.74 Å². The van der Waals surface area contributed by atoms with E-state index in [2.05, 4.69) is 101 Å². The van der Waals surface area contributed by atoms with Crippen molar-refractivity contribution in [3.8, 4) is 0 Å². The zero-order valence-electron chi connectivity index (χ0n) is 26.6. The molecule has 0 spiro atoms. The molecule has 1 N–H and O–H groups in total. The highest BCUT2D eigenvalue weighted by atomic mass is 32.8. The van der Waals surface area contributed by atoms with Gasteiger partial charge >= 0.3 is 0 Å². The molecule has 38 heavy (non-hydrogen) atoms. The van der Waals surface area contributed by atoms with E-state index in [9.17, 15) is 0 Å².